The summed E-state index contributed by atoms with van der Waals surface area (Å²) in [6.07, 6.45) is 10.9. The SMILES string of the molecule is O=C1C=CC=C2C1=Cc1ccccc1C2(Cc1ccnc(F)c1)Cc1ccnc(F)c1. The van der Waals surface area contributed by atoms with Crippen molar-refractivity contribution in [2.24, 2.45) is 0 Å². The molecule has 3 nitrogen and oxygen atoms in total. The third-order valence-electron chi connectivity index (χ3n) is 5.95. The van der Waals surface area contributed by atoms with E-state index in [0.717, 1.165) is 27.8 Å². The normalized spacial score (nSPS) is 16.3. The van der Waals surface area contributed by atoms with Gasteiger partial charge in [0.25, 0.3) is 0 Å². The van der Waals surface area contributed by atoms with E-state index in [9.17, 15) is 13.6 Å². The van der Waals surface area contributed by atoms with Crippen molar-refractivity contribution < 1.29 is 13.6 Å². The van der Waals surface area contributed by atoms with E-state index in [1.807, 2.05) is 36.4 Å². The van der Waals surface area contributed by atoms with Crippen LogP contribution in [0.15, 0.2) is 90.3 Å². The molecule has 0 unspecified atom stereocenters. The van der Waals surface area contributed by atoms with E-state index in [2.05, 4.69) is 9.97 Å². The lowest BCUT2D eigenvalue weighted by atomic mass is 9.60. The molecule has 0 atom stereocenters. The van der Waals surface area contributed by atoms with Gasteiger partial charge in [-0.2, -0.15) is 8.78 Å². The van der Waals surface area contributed by atoms with Gasteiger partial charge in [-0.3, -0.25) is 4.79 Å². The Balaban J connectivity index is 1.77. The molecule has 0 bridgehead atoms. The molecule has 1 aromatic carbocycles. The monoisotopic (exact) mass is 412 g/mol. The lowest BCUT2D eigenvalue weighted by Gasteiger charge is -2.42. The molecule has 0 saturated heterocycles. The Morgan fingerprint density at radius 2 is 1.52 bits per heavy atom. The highest BCUT2D eigenvalue weighted by Gasteiger charge is 2.43. The van der Waals surface area contributed by atoms with Crippen LogP contribution in [0.25, 0.3) is 6.08 Å². The van der Waals surface area contributed by atoms with Crippen LogP contribution >= 0.6 is 0 Å². The maximum atomic E-state index is 14.0. The molecule has 0 radical (unpaired) electrons. The highest BCUT2D eigenvalue weighted by atomic mass is 19.1. The summed E-state index contributed by atoms with van der Waals surface area (Å²) in [7, 11) is 0. The summed E-state index contributed by atoms with van der Waals surface area (Å²) >= 11 is 0. The molecule has 2 aliphatic carbocycles. The number of aromatic nitrogens is 2. The summed E-state index contributed by atoms with van der Waals surface area (Å²) < 4.78 is 27.9. The molecule has 0 N–H and O–H groups in total. The summed E-state index contributed by atoms with van der Waals surface area (Å²) in [5.41, 5.74) is 4.23. The van der Waals surface area contributed by atoms with Gasteiger partial charge in [0.15, 0.2) is 5.78 Å². The van der Waals surface area contributed by atoms with Crippen LogP contribution in [0.2, 0.25) is 0 Å². The fourth-order valence-corrected chi connectivity index (χ4v) is 4.71. The number of ketones is 1. The molecule has 5 heteroatoms. The molecule has 152 valence electrons. The maximum absolute atomic E-state index is 14.0. The number of rotatable bonds is 4. The average molecular weight is 412 g/mol. The lowest BCUT2D eigenvalue weighted by molar-refractivity contribution is -0.111. The van der Waals surface area contributed by atoms with Gasteiger partial charge in [0.1, 0.15) is 0 Å². The van der Waals surface area contributed by atoms with Gasteiger partial charge in [0, 0.05) is 23.4 Å². The smallest absolute Gasteiger partial charge is 0.213 e. The summed E-state index contributed by atoms with van der Waals surface area (Å²) in [4.78, 5) is 20.1. The summed E-state index contributed by atoms with van der Waals surface area (Å²) in [6, 6.07) is 14.3. The molecule has 2 aliphatic rings. The number of carbonyl (C=O) groups is 1. The Hall–Kier alpha value is -3.73. The van der Waals surface area contributed by atoms with Crippen LogP contribution in [0.5, 0.6) is 0 Å². The maximum Gasteiger partial charge on any atom is 0.213 e. The highest BCUT2D eigenvalue weighted by molar-refractivity contribution is 6.13. The van der Waals surface area contributed by atoms with Crippen LogP contribution < -0.4 is 0 Å². The first-order valence-corrected chi connectivity index (χ1v) is 10.0. The Kier molecular flexibility index (Phi) is 4.66. The Bertz CT molecular complexity index is 1240. The zero-order valence-electron chi connectivity index (χ0n) is 16.6. The number of carbonyl (C=O) groups excluding carboxylic acids is 1. The van der Waals surface area contributed by atoms with Gasteiger partial charge in [0.2, 0.25) is 11.9 Å². The standard InChI is InChI=1S/C26H18F2N2O/c27-24-12-17(8-10-29-24)15-26(16-18-9-11-30-25(28)13-18)21-5-2-1-4-19(21)14-20-22(26)6-3-7-23(20)31/h1-14H,15-16H2. The molecule has 0 spiro atoms. The van der Waals surface area contributed by atoms with Crippen molar-refractivity contribution >= 4 is 11.9 Å². The second-order valence-electron chi connectivity index (χ2n) is 7.86. The minimum absolute atomic E-state index is 0.0711. The van der Waals surface area contributed by atoms with Crippen molar-refractivity contribution in [2.75, 3.05) is 0 Å². The van der Waals surface area contributed by atoms with Crippen molar-refractivity contribution in [1.82, 2.24) is 9.97 Å². The van der Waals surface area contributed by atoms with Gasteiger partial charge >= 0.3 is 0 Å². The van der Waals surface area contributed by atoms with E-state index in [1.165, 1.54) is 24.5 Å². The van der Waals surface area contributed by atoms with Gasteiger partial charge in [-0.25, -0.2) is 9.97 Å². The van der Waals surface area contributed by atoms with E-state index in [-0.39, 0.29) is 5.78 Å². The molecule has 5 rings (SSSR count). The van der Waals surface area contributed by atoms with Crippen LogP contribution in [0.3, 0.4) is 0 Å². The van der Waals surface area contributed by atoms with Crippen LogP contribution in [0.4, 0.5) is 8.78 Å². The minimum Gasteiger partial charge on any atom is -0.289 e. The molecule has 0 saturated carbocycles. The molecular weight excluding hydrogens is 394 g/mol. The molecular formula is C26H18F2N2O. The Morgan fingerprint density at radius 3 is 2.16 bits per heavy atom. The molecule has 0 aliphatic heterocycles. The van der Waals surface area contributed by atoms with Crippen LogP contribution in [-0.2, 0) is 23.1 Å². The number of benzene rings is 1. The van der Waals surface area contributed by atoms with Crippen molar-refractivity contribution in [3.05, 3.63) is 124 Å². The number of nitrogens with zero attached hydrogens (tertiary/aromatic N) is 2. The third kappa shape index (κ3) is 3.42. The largest absolute Gasteiger partial charge is 0.289 e. The fraction of sp³-hybridized carbons (Fsp3) is 0.115. The van der Waals surface area contributed by atoms with E-state index < -0.39 is 17.3 Å². The summed E-state index contributed by atoms with van der Waals surface area (Å²) in [5, 5.41) is 0. The lowest BCUT2D eigenvalue weighted by Crippen LogP contribution is -2.39. The zero-order valence-corrected chi connectivity index (χ0v) is 16.6. The summed E-state index contributed by atoms with van der Waals surface area (Å²) in [5.74, 6) is -1.19. The number of pyridine rings is 2. The molecule has 2 aromatic heterocycles. The minimum atomic E-state index is -0.692. The van der Waals surface area contributed by atoms with Gasteiger partial charge in [-0.05, 0) is 77.1 Å². The quantitative estimate of drug-likeness (QED) is 0.570. The number of hydrogen-bond donors (Lipinski definition) is 0. The van der Waals surface area contributed by atoms with Crippen molar-refractivity contribution in [2.45, 2.75) is 18.3 Å². The predicted octanol–water partition coefficient (Wildman–Crippen LogP) is 4.94. The van der Waals surface area contributed by atoms with Gasteiger partial charge in [0.05, 0.1) is 0 Å². The van der Waals surface area contributed by atoms with Crippen LogP contribution in [-0.4, -0.2) is 15.8 Å². The Labute approximate surface area is 178 Å². The summed E-state index contributed by atoms with van der Waals surface area (Å²) in [6.45, 7) is 0. The van der Waals surface area contributed by atoms with Crippen molar-refractivity contribution in [1.29, 1.82) is 0 Å². The van der Waals surface area contributed by atoms with Gasteiger partial charge < -0.3 is 0 Å². The van der Waals surface area contributed by atoms with Crippen LogP contribution in [0, 0.1) is 11.9 Å². The molecule has 3 aromatic rings. The van der Waals surface area contributed by atoms with E-state index in [0.29, 0.717) is 18.4 Å². The first-order chi connectivity index (χ1) is 15.0. The van der Waals surface area contributed by atoms with Crippen molar-refractivity contribution in [3.8, 4) is 0 Å². The molecule has 31 heavy (non-hydrogen) atoms. The van der Waals surface area contributed by atoms with Crippen LogP contribution in [0.1, 0.15) is 22.3 Å². The highest BCUT2D eigenvalue weighted by Crippen LogP contribution is 2.48. The number of allylic oxidation sites excluding steroid dienone is 5. The first-order valence-electron chi connectivity index (χ1n) is 10.0. The molecule has 0 amide bonds. The zero-order chi connectivity index (χ0) is 21.4. The number of fused-ring (bicyclic) bond motifs is 2. The average Bonchev–Trinajstić information content (AvgIpc) is 2.75. The fourth-order valence-electron chi connectivity index (χ4n) is 4.71. The van der Waals surface area contributed by atoms with Gasteiger partial charge in [-0.1, -0.05) is 36.4 Å². The predicted molar refractivity (Wildman–Crippen MR) is 114 cm³/mol. The molecule has 0 fully saturated rings. The van der Waals surface area contributed by atoms with E-state index in [4.69, 9.17) is 0 Å². The van der Waals surface area contributed by atoms with E-state index in [1.54, 1.807) is 24.3 Å². The first kappa shape index (κ1) is 19.2. The third-order valence-corrected chi connectivity index (χ3v) is 5.95. The number of hydrogen-bond acceptors (Lipinski definition) is 3. The second-order valence-corrected chi connectivity index (χ2v) is 7.86. The molecule has 2 heterocycles. The number of halogens is 2. The van der Waals surface area contributed by atoms with Gasteiger partial charge in [-0.15, -0.1) is 0 Å². The Morgan fingerprint density at radius 1 is 0.871 bits per heavy atom. The van der Waals surface area contributed by atoms with E-state index >= 15 is 0 Å². The topological polar surface area (TPSA) is 42.9 Å². The van der Waals surface area contributed by atoms with Crippen molar-refractivity contribution in [3.63, 3.8) is 0 Å². The second kappa shape index (κ2) is 7.51.